The number of para-hydroxylation sites is 1. The summed E-state index contributed by atoms with van der Waals surface area (Å²) in [5.41, 5.74) is 2.11. The maximum Gasteiger partial charge on any atom is 0.142 e. The van der Waals surface area contributed by atoms with Crippen molar-refractivity contribution in [3.05, 3.63) is 43.5 Å². The van der Waals surface area contributed by atoms with Crippen LogP contribution < -0.4 is 4.74 Å². The van der Waals surface area contributed by atoms with E-state index in [2.05, 4.69) is 63.4 Å². The van der Waals surface area contributed by atoms with Gasteiger partial charge in [0.15, 0.2) is 0 Å². The van der Waals surface area contributed by atoms with Crippen LogP contribution in [-0.2, 0) is 0 Å². The number of aromatic nitrogens is 1. The van der Waals surface area contributed by atoms with E-state index in [1.807, 2.05) is 18.2 Å². The molecule has 1 heterocycles. The fourth-order valence-electron chi connectivity index (χ4n) is 1.91. The van der Waals surface area contributed by atoms with Crippen molar-refractivity contribution < 1.29 is 4.74 Å². The van der Waals surface area contributed by atoms with Gasteiger partial charge in [-0.25, -0.2) is 4.98 Å². The van der Waals surface area contributed by atoms with Crippen LogP contribution in [0.3, 0.4) is 0 Å². The minimum Gasteiger partial charge on any atom is -0.495 e. The van der Waals surface area contributed by atoms with Gasteiger partial charge in [-0.3, -0.25) is 0 Å². The lowest BCUT2D eigenvalue weighted by Crippen LogP contribution is -1.92. The average molecular weight is 493 g/mol. The van der Waals surface area contributed by atoms with Crippen LogP contribution in [0.25, 0.3) is 20.8 Å². The van der Waals surface area contributed by atoms with Crippen LogP contribution in [0.2, 0.25) is 0 Å². The zero-order valence-corrected chi connectivity index (χ0v) is 15.1. The second-order valence-corrected chi connectivity index (χ2v) is 7.39. The molecule has 0 saturated heterocycles. The summed E-state index contributed by atoms with van der Waals surface area (Å²) in [5.74, 6) is 0.903. The minimum atomic E-state index is 0.903. The van der Waals surface area contributed by atoms with Gasteiger partial charge >= 0.3 is 0 Å². The molecule has 2 aromatic carbocycles. The largest absolute Gasteiger partial charge is 0.495 e. The summed E-state index contributed by atoms with van der Waals surface area (Å²) in [7, 11) is 1.71. The topological polar surface area (TPSA) is 22.1 Å². The lowest BCUT2D eigenvalue weighted by molar-refractivity contribution is 0.413. The fourth-order valence-corrected chi connectivity index (χ4v) is 4.96. The predicted molar refractivity (Wildman–Crippen MR) is 97.0 cm³/mol. The molecule has 3 rings (SSSR count). The van der Waals surface area contributed by atoms with Crippen molar-refractivity contribution in [2.75, 3.05) is 7.11 Å². The highest BCUT2D eigenvalue weighted by atomic mass is 127. The third-order valence-corrected chi connectivity index (χ3v) is 5.23. The second kappa shape index (κ2) is 5.53. The number of methoxy groups -OCH3 is 1. The van der Waals surface area contributed by atoms with Gasteiger partial charge < -0.3 is 4.74 Å². The molecule has 0 aliphatic heterocycles. The molecule has 0 aliphatic rings. The highest BCUT2D eigenvalue weighted by Gasteiger charge is 2.14. The Hall–Kier alpha value is -0.410. The van der Waals surface area contributed by atoms with Crippen molar-refractivity contribution in [1.82, 2.24) is 4.98 Å². The molecule has 0 unspecified atom stereocenters. The van der Waals surface area contributed by atoms with E-state index >= 15 is 0 Å². The lowest BCUT2D eigenvalue weighted by Gasteiger charge is -2.09. The van der Waals surface area contributed by atoms with E-state index in [1.54, 1.807) is 18.4 Å². The number of benzene rings is 2. The standard InChI is InChI=1S/C14H9I2NOS/c1-18-13-9(6-8(15)7-10(13)16)14-17-11-4-2-3-5-12(11)19-14/h2-7H,1H3. The Bertz CT molecular complexity index is 721. The maximum atomic E-state index is 5.54. The van der Waals surface area contributed by atoms with Gasteiger partial charge in [0.1, 0.15) is 10.8 Å². The normalized spacial score (nSPS) is 10.9. The molecule has 0 amide bonds. The monoisotopic (exact) mass is 493 g/mol. The number of nitrogens with zero attached hydrogens (tertiary/aromatic N) is 1. The molecule has 3 aromatic rings. The zero-order valence-electron chi connectivity index (χ0n) is 9.98. The molecule has 0 atom stereocenters. The molecule has 96 valence electrons. The second-order valence-electron chi connectivity index (χ2n) is 3.96. The van der Waals surface area contributed by atoms with Crippen molar-refractivity contribution in [3.63, 3.8) is 0 Å². The van der Waals surface area contributed by atoms with Crippen molar-refractivity contribution in [2.24, 2.45) is 0 Å². The van der Waals surface area contributed by atoms with E-state index < -0.39 is 0 Å². The van der Waals surface area contributed by atoms with E-state index in [0.29, 0.717) is 0 Å². The first-order chi connectivity index (χ1) is 9.19. The van der Waals surface area contributed by atoms with Crippen LogP contribution >= 0.6 is 56.5 Å². The molecule has 1 aromatic heterocycles. The number of halogens is 2. The summed E-state index contributed by atoms with van der Waals surface area (Å²) >= 11 is 6.33. The predicted octanol–water partition coefficient (Wildman–Crippen LogP) is 5.18. The average Bonchev–Trinajstić information content (AvgIpc) is 2.81. The molecular weight excluding hydrogens is 484 g/mol. The first-order valence-corrected chi connectivity index (χ1v) is 8.55. The maximum absolute atomic E-state index is 5.54. The molecular formula is C14H9I2NOS. The van der Waals surface area contributed by atoms with Gasteiger partial charge in [0.05, 0.1) is 26.5 Å². The van der Waals surface area contributed by atoms with Gasteiger partial charge in [-0.2, -0.15) is 0 Å². The highest BCUT2D eigenvalue weighted by Crippen LogP contribution is 2.39. The van der Waals surface area contributed by atoms with Gasteiger partial charge in [0, 0.05) is 3.57 Å². The molecule has 0 spiro atoms. The van der Waals surface area contributed by atoms with E-state index in [-0.39, 0.29) is 0 Å². The third-order valence-electron chi connectivity index (χ3n) is 2.74. The lowest BCUT2D eigenvalue weighted by atomic mass is 10.2. The number of rotatable bonds is 2. The molecule has 0 bridgehead atoms. The van der Waals surface area contributed by atoms with Gasteiger partial charge in [-0.05, 0) is 69.4 Å². The van der Waals surface area contributed by atoms with Crippen LogP contribution in [0.5, 0.6) is 5.75 Å². The van der Waals surface area contributed by atoms with Crippen LogP contribution in [-0.4, -0.2) is 12.1 Å². The number of hydrogen-bond donors (Lipinski definition) is 0. The van der Waals surface area contributed by atoms with Crippen molar-refractivity contribution in [3.8, 4) is 16.3 Å². The smallest absolute Gasteiger partial charge is 0.142 e. The summed E-state index contributed by atoms with van der Waals surface area (Å²) in [6, 6.07) is 12.4. The highest BCUT2D eigenvalue weighted by molar-refractivity contribution is 14.1. The first-order valence-electron chi connectivity index (χ1n) is 5.58. The van der Waals surface area contributed by atoms with E-state index in [0.717, 1.165) is 25.4 Å². The van der Waals surface area contributed by atoms with Crippen molar-refractivity contribution >= 4 is 66.7 Å². The Morgan fingerprint density at radius 2 is 1.95 bits per heavy atom. The molecule has 0 aliphatic carbocycles. The number of ether oxygens (including phenoxy) is 1. The van der Waals surface area contributed by atoms with Gasteiger partial charge in [-0.1, -0.05) is 12.1 Å². The molecule has 5 heteroatoms. The summed E-state index contributed by atoms with van der Waals surface area (Å²) in [4.78, 5) is 4.71. The van der Waals surface area contributed by atoms with Crippen LogP contribution in [0.4, 0.5) is 0 Å². The van der Waals surface area contributed by atoms with Gasteiger partial charge in [-0.15, -0.1) is 11.3 Å². The SMILES string of the molecule is COc1c(I)cc(I)cc1-c1nc2ccccc2s1. The van der Waals surface area contributed by atoms with E-state index in [9.17, 15) is 0 Å². The molecule has 0 radical (unpaired) electrons. The molecule has 0 saturated carbocycles. The molecule has 0 fully saturated rings. The van der Waals surface area contributed by atoms with Gasteiger partial charge in [0.2, 0.25) is 0 Å². The van der Waals surface area contributed by atoms with Crippen LogP contribution in [0.15, 0.2) is 36.4 Å². The Morgan fingerprint density at radius 1 is 1.16 bits per heavy atom. The summed E-state index contributed by atoms with van der Waals surface area (Å²) < 4.78 is 9.04. The Balaban J connectivity index is 2.25. The van der Waals surface area contributed by atoms with Crippen molar-refractivity contribution in [1.29, 1.82) is 0 Å². The number of thiazole rings is 1. The van der Waals surface area contributed by atoms with E-state index in [4.69, 9.17) is 9.72 Å². The van der Waals surface area contributed by atoms with E-state index in [1.165, 1.54) is 8.27 Å². The number of hydrogen-bond acceptors (Lipinski definition) is 3. The van der Waals surface area contributed by atoms with Crippen LogP contribution in [0.1, 0.15) is 0 Å². The van der Waals surface area contributed by atoms with Crippen molar-refractivity contribution in [2.45, 2.75) is 0 Å². The zero-order chi connectivity index (χ0) is 13.4. The molecule has 2 nitrogen and oxygen atoms in total. The minimum absolute atomic E-state index is 0.903. The Labute approximate surface area is 142 Å². The summed E-state index contributed by atoms with van der Waals surface area (Å²) in [6.45, 7) is 0. The quantitative estimate of drug-likeness (QED) is 0.460. The van der Waals surface area contributed by atoms with Gasteiger partial charge in [0.25, 0.3) is 0 Å². The number of fused-ring (bicyclic) bond motifs is 1. The summed E-state index contributed by atoms with van der Waals surface area (Å²) in [5, 5.41) is 1.01. The Kier molecular flexibility index (Phi) is 3.95. The first kappa shape index (κ1) is 13.6. The fraction of sp³-hybridized carbons (Fsp3) is 0.0714. The van der Waals surface area contributed by atoms with Crippen LogP contribution in [0, 0.1) is 7.14 Å². The summed E-state index contributed by atoms with van der Waals surface area (Å²) in [6.07, 6.45) is 0. The Morgan fingerprint density at radius 3 is 2.68 bits per heavy atom. The third kappa shape index (κ3) is 2.59. The molecule has 19 heavy (non-hydrogen) atoms. The molecule has 0 N–H and O–H groups in total.